The Hall–Kier alpha value is -2.84. The van der Waals surface area contributed by atoms with E-state index in [4.69, 9.17) is 0 Å². The Labute approximate surface area is 160 Å². The topological polar surface area (TPSA) is 19.0 Å². The SMILES string of the molecule is C[C@@H](c1ccccc1)N1CCc2c([nH]c3ccccc23)[C@@H]1c1ccccc1. The highest BCUT2D eigenvalue weighted by Crippen LogP contribution is 2.42. The molecule has 0 fully saturated rings. The number of hydrogen-bond donors (Lipinski definition) is 1. The number of aromatic nitrogens is 1. The van der Waals surface area contributed by atoms with E-state index >= 15 is 0 Å². The van der Waals surface area contributed by atoms with Crippen LogP contribution in [0.4, 0.5) is 0 Å². The lowest BCUT2D eigenvalue weighted by Crippen LogP contribution is -2.38. The van der Waals surface area contributed by atoms with E-state index in [1.165, 1.54) is 33.3 Å². The normalized spacial score (nSPS) is 18.3. The van der Waals surface area contributed by atoms with Crippen molar-refractivity contribution >= 4 is 10.9 Å². The molecule has 0 aliphatic carbocycles. The van der Waals surface area contributed by atoms with Crippen molar-refractivity contribution in [1.29, 1.82) is 0 Å². The Kier molecular flexibility index (Phi) is 4.06. The minimum absolute atomic E-state index is 0.248. The molecule has 3 aromatic carbocycles. The highest BCUT2D eigenvalue weighted by molar-refractivity contribution is 5.85. The summed E-state index contributed by atoms with van der Waals surface area (Å²) in [5.74, 6) is 0. The Morgan fingerprint density at radius 1 is 0.852 bits per heavy atom. The lowest BCUT2D eigenvalue weighted by atomic mass is 9.90. The first kappa shape index (κ1) is 16.3. The molecule has 0 bridgehead atoms. The van der Waals surface area contributed by atoms with E-state index in [0.29, 0.717) is 6.04 Å². The highest BCUT2D eigenvalue weighted by Gasteiger charge is 2.34. The summed E-state index contributed by atoms with van der Waals surface area (Å²) in [7, 11) is 0. The van der Waals surface area contributed by atoms with E-state index in [2.05, 4.69) is 102 Å². The maximum Gasteiger partial charge on any atom is 0.0762 e. The van der Waals surface area contributed by atoms with Gasteiger partial charge >= 0.3 is 0 Å². The lowest BCUT2D eigenvalue weighted by molar-refractivity contribution is 0.155. The molecule has 1 aliphatic heterocycles. The van der Waals surface area contributed by atoms with Gasteiger partial charge in [-0.15, -0.1) is 0 Å². The number of para-hydroxylation sites is 1. The summed E-state index contributed by atoms with van der Waals surface area (Å²) in [6.07, 6.45) is 1.08. The summed E-state index contributed by atoms with van der Waals surface area (Å²) < 4.78 is 0. The Morgan fingerprint density at radius 3 is 2.30 bits per heavy atom. The van der Waals surface area contributed by atoms with Crippen LogP contribution in [0.3, 0.4) is 0 Å². The van der Waals surface area contributed by atoms with Crippen molar-refractivity contribution in [3.05, 3.63) is 107 Å². The second kappa shape index (κ2) is 6.71. The molecule has 2 heteroatoms. The molecule has 1 aromatic heterocycles. The van der Waals surface area contributed by atoms with Crippen molar-refractivity contribution < 1.29 is 0 Å². The van der Waals surface area contributed by atoms with Crippen molar-refractivity contribution in [1.82, 2.24) is 9.88 Å². The standard InChI is InChI=1S/C25H24N2/c1-18(19-10-4-2-5-11-19)27-17-16-22-21-14-8-9-15-23(21)26-24(22)25(27)20-12-6-3-7-13-20/h2-15,18,25-26H,16-17H2,1H3/t18-,25-/m0/s1. The molecule has 134 valence electrons. The van der Waals surface area contributed by atoms with Gasteiger partial charge in [0.05, 0.1) is 6.04 Å². The summed E-state index contributed by atoms with van der Waals surface area (Å²) in [6, 6.07) is 31.1. The first-order chi connectivity index (χ1) is 13.3. The predicted octanol–water partition coefficient (Wildman–Crippen LogP) is 5.88. The van der Waals surface area contributed by atoms with E-state index in [0.717, 1.165) is 13.0 Å². The van der Waals surface area contributed by atoms with Gasteiger partial charge in [-0.05, 0) is 36.1 Å². The Morgan fingerprint density at radius 2 is 1.52 bits per heavy atom. The number of aromatic amines is 1. The maximum atomic E-state index is 3.76. The van der Waals surface area contributed by atoms with Crippen LogP contribution in [-0.2, 0) is 6.42 Å². The Bertz CT molecular complexity index is 1050. The van der Waals surface area contributed by atoms with Crippen LogP contribution in [0.5, 0.6) is 0 Å². The zero-order valence-electron chi connectivity index (χ0n) is 15.6. The number of benzene rings is 3. The van der Waals surface area contributed by atoms with Crippen molar-refractivity contribution in [3.63, 3.8) is 0 Å². The third-order valence-corrected chi connectivity index (χ3v) is 5.97. The van der Waals surface area contributed by atoms with Crippen LogP contribution >= 0.6 is 0 Å². The number of rotatable bonds is 3. The minimum atomic E-state index is 0.248. The molecule has 0 spiro atoms. The molecule has 0 unspecified atom stereocenters. The largest absolute Gasteiger partial charge is 0.357 e. The van der Waals surface area contributed by atoms with Gasteiger partial charge in [-0.3, -0.25) is 4.90 Å². The summed E-state index contributed by atoms with van der Waals surface area (Å²) in [5.41, 5.74) is 6.82. The van der Waals surface area contributed by atoms with Gasteiger partial charge in [-0.2, -0.15) is 0 Å². The quantitative estimate of drug-likeness (QED) is 0.488. The minimum Gasteiger partial charge on any atom is -0.357 e. The fourth-order valence-electron chi connectivity index (χ4n) is 4.59. The average Bonchev–Trinajstić information content (AvgIpc) is 3.12. The number of H-pyrrole nitrogens is 1. The van der Waals surface area contributed by atoms with Crippen molar-refractivity contribution in [3.8, 4) is 0 Å². The monoisotopic (exact) mass is 352 g/mol. The van der Waals surface area contributed by atoms with Crippen molar-refractivity contribution in [2.45, 2.75) is 25.4 Å². The van der Waals surface area contributed by atoms with Gasteiger partial charge in [0.25, 0.3) is 0 Å². The molecule has 2 nitrogen and oxygen atoms in total. The summed E-state index contributed by atoms with van der Waals surface area (Å²) in [4.78, 5) is 6.40. The molecule has 0 radical (unpaired) electrons. The van der Waals surface area contributed by atoms with E-state index < -0.39 is 0 Å². The van der Waals surface area contributed by atoms with E-state index in [9.17, 15) is 0 Å². The van der Waals surface area contributed by atoms with Gasteiger partial charge in [0, 0.05) is 29.2 Å². The van der Waals surface area contributed by atoms with Crippen LogP contribution in [0.25, 0.3) is 10.9 Å². The highest BCUT2D eigenvalue weighted by atomic mass is 15.2. The van der Waals surface area contributed by atoms with Crippen LogP contribution in [0.1, 0.15) is 41.4 Å². The molecule has 0 amide bonds. The zero-order valence-corrected chi connectivity index (χ0v) is 15.6. The summed E-state index contributed by atoms with van der Waals surface area (Å²) >= 11 is 0. The van der Waals surface area contributed by atoms with Crippen LogP contribution < -0.4 is 0 Å². The number of nitrogens with zero attached hydrogens (tertiary/aromatic N) is 1. The second-order valence-electron chi connectivity index (χ2n) is 7.45. The molecule has 1 aliphatic rings. The fraction of sp³-hybridized carbons (Fsp3) is 0.200. The summed E-state index contributed by atoms with van der Waals surface area (Å²) in [6.45, 7) is 3.39. The molecule has 5 rings (SSSR count). The van der Waals surface area contributed by atoms with Gasteiger partial charge in [0.1, 0.15) is 0 Å². The fourth-order valence-corrected chi connectivity index (χ4v) is 4.59. The maximum absolute atomic E-state index is 3.76. The molecule has 2 heterocycles. The predicted molar refractivity (Wildman–Crippen MR) is 112 cm³/mol. The van der Waals surface area contributed by atoms with Crippen LogP contribution in [0.2, 0.25) is 0 Å². The molecule has 0 saturated carbocycles. The van der Waals surface area contributed by atoms with Gasteiger partial charge in [-0.25, -0.2) is 0 Å². The van der Waals surface area contributed by atoms with Gasteiger partial charge in [0.15, 0.2) is 0 Å². The molecular formula is C25H24N2. The first-order valence-electron chi connectivity index (χ1n) is 9.78. The molecule has 0 saturated heterocycles. The van der Waals surface area contributed by atoms with Gasteiger partial charge in [-0.1, -0.05) is 78.9 Å². The van der Waals surface area contributed by atoms with Crippen LogP contribution in [0.15, 0.2) is 84.9 Å². The first-order valence-corrected chi connectivity index (χ1v) is 9.78. The van der Waals surface area contributed by atoms with Crippen LogP contribution in [-0.4, -0.2) is 16.4 Å². The summed E-state index contributed by atoms with van der Waals surface area (Å²) in [5, 5.41) is 1.38. The number of hydrogen-bond acceptors (Lipinski definition) is 1. The zero-order chi connectivity index (χ0) is 18.2. The average molecular weight is 352 g/mol. The molecule has 4 aromatic rings. The van der Waals surface area contributed by atoms with Crippen LogP contribution in [0, 0.1) is 0 Å². The molecule has 27 heavy (non-hydrogen) atoms. The van der Waals surface area contributed by atoms with E-state index in [1.54, 1.807) is 0 Å². The van der Waals surface area contributed by atoms with Gasteiger partial charge in [0.2, 0.25) is 0 Å². The molecular weight excluding hydrogens is 328 g/mol. The molecule has 1 N–H and O–H groups in total. The third-order valence-electron chi connectivity index (χ3n) is 5.97. The van der Waals surface area contributed by atoms with Crippen molar-refractivity contribution in [2.75, 3.05) is 6.54 Å². The number of nitrogens with one attached hydrogen (secondary N) is 1. The molecule has 2 atom stereocenters. The lowest BCUT2D eigenvalue weighted by Gasteiger charge is -2.40. The van der Waals surface area contributed by atoms with Gasteiger partial charge < -0.3 is 4.98 Å². The Balaban J connectivity index is 1.66. The third kappa shape index (κ3) is 2.77. The van der Waals surface area contributed by atoms with Crippen molar-refractivity contribution in [2.24, 2.45) is 0 Å². The second-order valence-corrected chi connectivity index (χ2v) is 7.45. The number of fused-ring (bicyclic) bond motifs is 3. The smallest absolute Gasteiger partial charge is 0.0762 e. The van der Waals surface area contributed by atoms with E-state index in [-0.39, 0.29) is 6.04 Å². The van der Waals surface area contributed by atoms with E-state index in [1.807, 2.05) is 0 Å².